The molecule has 2 aromatic carbocycles. The minimum absolute atomic E-state index is 0.0514. The molecule has 0 fully saturated rings. The monoisotopic (exact) mass is 432 g/mol. The number of benzene rings is 2. The van der Waals surface area contributed by atoms with Crippen molar-refractivity contribution < 1.29 is 18.0 Å². The second kappa shape index (κ2) is 8.00. The maximum atomic E-state index is 13.0. The van der Waals surface area contributed by atoms with Crippen LogP contribution in [-0.4, -0.2) is 31.1 Å². The van der Waals surface area contributed by atoms with Crippen LogP contribution in [0.25, 0.3) is 4.91 Å². The van der Waals surface area contributed by atoms with E-state index in [0.29, 0.717) is 20.5 Å². The van der Waals surface area contributed by atoms with Crippen LogP contribution in [0.15, 0.2) is 48.0 Å². The van der Waals surface area contributed by atoms with Gasteiger partial charge >= 0.3 is 0 Å². The molecule has 8 heteroatoms. The van der Waals surface area contributed by atoms with Gasteiger partial charge in [-0.3, -0.25) is 9.59 Å². The van der Waals surface area contributed by atoms with E-state index < -0.39 is 28.4 Å². The van der Waals surface area contributed by atoms with Gasteiger partial charge in [0.05, 0.1) is 0 Å². The summed E-state index contributed by atoms with van der Waals surface area (Å²) in [5, 5.41) is 3.10. The Hall–Kier alpha value is -2.64. The summed E-state index contributed by atoms with van der Waals surface area (Å²) in [5.41, 5.74) is 3.18. The summed E-state index contributed by atoms with van der Waals surface area (Å²) in [6.07, 6.45) is 0. The van der Waals surface area contributed by atoms with Crippen molar-refractivity contribution in [3.63, 3.8) is 0 Å². The van der Waals surface area contributed by atoms with E-state index in [-0.39, 0.29) is 17.0 Å². The summed E-state index contributed by atoms with van der Waals surface area (Å²) in [6, 6.07) is 12.2. The first-order chi connectivity index (χ1) is 13.6. The third kappa shape index (κ3) is 4.06. The van der Waals surface area contributed by atoms with Gasteiger partial charge in [-0.15, -0.1) is 0 Å². The Morgan fingerprint density at radius 3 is 2.41 bits per heavy atom. The van der Waals surface area contributed by atoms with Crippen molar-refractivity contribution in [1.29, 1.82) is 0 Å². The third-order valence-corrected chi connectivity index (χ3v) is 7.23. The Morgan fingerprint density at radius 1 is 1.07 bits per heavy atom. The average molecular weight is 433 g/mol. The summed E-state index contributed by atoms with van der Waals surface area (Å²) in [7, 11) is -4.12. The van der Waals surface area contributed by atoms with Crippen molar-refractivity contribution in [3.05, 3.63) is 75.3 Å². The molecule has 2 aromatic rings. The fourth-order valence-electron chi connectivity index (χ4n) is 3.12. The van der Waals surface area contributed by atoms with E-state index in [1.54, 1.807) is 36.4 Å². The lowest BCUT2D eigenvalue weighted by atomic mass is 10.0. The van der Waals surface area contributed by atoms with E-state index >= 15 is 0 Å². The molecule has 1 heterocycles. The van der Waals surface area contributed by atoms with Crippen molar-refractivity contribution >= 4 is 38.3 Å². The molecule has 2 amide bonds. The molecule has 0 saturated heterocycles. The van der Waals surface area contributed by atoms with Gasteiger partial charge in [-0.1, -0.05) is 48.0 Å². The molecule has 29 heavy (non-hydrogen) atoms. The number of sulfonamides is 1. The van der Waals surface area contributed by atoms with Crippen LogP contribution in [0.3, 0.4) is 0 Å². The highest BCUT2D eigenvalue weighted by Crippen LogP contribution is 2.35. The molecule has 152 valence electrons. The van der Waals surface area contributed by atoms with Gasteiger partial charge in [0.15, 0.2) is 0 Å². The molecule has 0 radical (unpaired) electrons. The van der Waals surface area contributed by atoms with Crippen LogP contribution < -0.4 is 5.32 Å². The number of carbonyl (C=O) groups excluding carboxylic acids is 2. The number of halogens is 1. The number of carbonyl (C=O) groups is 2. The molecule has 0 aromatic heterocycles. The number of nitrogens with zero attached hydrogens (tertiary/aromatic N) is 1. The highest BCUT2D eigenvalue weighted by Gasteiger charge is 2.43. The van der Waals surface area contributed by atoms with Gasteiger partial charge in [-0.2, -0.15) is 0 Å². The number of rotatable bonds is 5. The van der Waals surface area contributed by atoms with Crippen LogP contribution in [0.1, 0.15) is 29.2 Å². The highest BCUT2D eigenvalue weighted by atomic mass is 35.5. The smallest absolute Gasteiger partial charge is 0.268 e. The average Bonchev–Trinajstić information content (AvgIpc) is 2.83. The lowest BCUT2D eigenvalue weighted by Gasteiger charge is -2.17. The zero-order valence-corrected chi connectivity index (χ0v) is 17.9. The Kier molecular flexibility index (Phi) is 5.82. The van der Waals surface area contributed by atoms with E-state index in [9.17, 15) is 18.0 Å². The Balaban J connectivity index is 1.79. The molecule has 1 aliphatic heterocycles. The summed E-state index contributed by atoms with van der Waals surface area (Å²) in [4.78, 5) is 24.9. The first-order valence-electron chi connectivity index (χ1n) is 8.98. The molecular formula is C21H21ClN2O4S. The lowest BCUT2D eigenvalue weighted by molar-refractivity contribution is -0.128. The molecule has 1 aliphatic rings. The maximum absolute atomic E-state index is 13.0. The quantitative estimate of drug-likeness (QED) is 0.786. The van der Waals surface area contributed by atoms with Crippen LogP contribution in [0.4, 0.5) is 0 Å². The summed E-state index contributed by atoms with van der Waals surface area (Å²) < 4.78 is 26.7. The third-order valence-electron chi connectivity index (χ3n) is 4.93. The van der Waals surface area contributed by atoms with Crippen LogP contribution in [0.5, 0.6) is 0 Å². The second-order valence-electron chi connectivity index (χ2n) is 6.94. The zero-order valence-electron chi connectivity index (χ0n) is 16.3. The highest BCUT2D eigenvalue weighted by molar-refractivity contribution is 7.99. The van der Waals surface area contributed by atoms with E-state index in [2.05, 4.69) is 5.32 Å². The fourth-order valence-corrected chi connectivity index (χ4v) is 5.09. The van der Waals surface area contributed by atoms with Gasteiger partial charge in [-0.05, 0) is 49.1 Å². The number of nitrogens with one attached hydrogen (secondary N) is 1. The van der Waals surface area contributed by atoms with Crippen molar-refractivity contribution in [2.24, 2.45) is 0 Å². The van der Waals surface area contributed by atoms with E-state index in [4.69, 9.17) is 11.6 Å². The number of amides is 2. The molecule has 0 spiro atoms. The van der Waals surface area contributed by atoms with E-state index in [1.807, 2.05) is 19.9 Å². The standard InChI is InChI=1S/C21H21ClN2O4S/c1-13-8-9-16(10-14(13)2)20-15(3)21(26)24(29(20,27)28)12-19(25)23-11-17-6-4-5-7-18(17)22/h4-10H,11-12H2,1-3H3,(H,23,25). The first kappa shape index (κ1) is 21.1. The molecule has 0 unspecified atom stereocenters. The minimum atomic E-state index is -4.12. The van der Waals surface area contributed by atoms with Crippen LogP contribution in [0.2, 0.25) is 5.02 Å². The fraction of sp³-hybridized carbons (Fsp3) is 0.238. The number of hydrogen-bond acceptors (Lipinski definition) is 4. The second-order valence-corrected chi connectivity index (χ2v) is 9.14. The summed E-state index contributed by atoms with van der Waals surface area (Å²) in [5.74, 6) is -1.28. The van der Waals surface area contributed by atoms with Crippen LogP contribution in [-0.2, 0) is 26.2 Å². The largest absolute Gasteiger partial charge is 0.350 e. The number of hydrogen-bond donors (Lipinski definition) is 1. The van der Waals surface area contributed by atoms with Crippen molar-refractivity contribution in [2.45, 2.75) is 27.3 Å². The molecule has 1 N–H and O–H groups in total. The van der Waals surface area contributed by atoms with E-state index in [0.717, 1.165) is 11.1 Å². The molecule has 0 saturated carbocycles. The molecule has 3 rings (SSSR count). The van der Waals surface area contributed by atoms with Crippen LogP contribution >= 0.6 is 11.6 Å². The van der Waals surface area contributed by atoms with Gasteiger partial charge < -0.3 is 5.32 Å². The Morgan fingerprint density at radius 2 is 1.76 bits per heavy atom. The Bertz CT molecular complexity index is 1140. The molecule has 0 bridgehead atoms. The minimum Gasteiger partial charge on any atom is -0.350 e. The first-order valence-corrected chi connectivity index (χ1v) is 10.8. The molecule has 6 nitrogen and oxygen atoms in total. The van der Waals surface area contributed by atoms with Crippen molar-refractivity contribution in [1.82, 2.24) is 9.62 Å². The zero-order chi connectivity index (χ0) is 21.3. The SMILES string of the molecule is CC1=C(c2ccc(C)c(C)c2)S(=O)(=O)N(CC(=O)NCc2ccccc2Cl)C1=O. The van der Waals surface area contributed by atoms with Gasteiger partial charge in [0, 0.05) is 17.1 Å². The summed E-state index contributed by atoms with van der Waals surface area (Å²) in [6.45, 7) is 4.81. The van der Waals surface area contributed by atoms with Gasteiger partial charge in [0.2, 0.25) is 5.91 Å². The number of aryl methyl sites for hydroxylation is 2. The van der Waals surface area contributed by atoms with Gasteiger partial charge in [0.1, 0.15) is 11.4 Å². The predicted molar refractivity (Wildman–Crippen MR) is 112 cm³/mol. The van der Waals surface area contributed by atoms with E-state index in [1.165, 1.54) is 6.92 Å². The van der Waals surface area contributed by atoms with Gasteiger partial charge in [0.25, 0.3) is 15.9 Å². The molecular weight excluding hydrogens is 412 g/mol. The Labute approximate surface area is 175 Å². The summed E-state index contributed by atoms with van der Waals surface area (Å²) >= 11 is 6.06. The van der Waals surface area contributed by atoms with Crippen LogP contribution in [0, 0.1) is 13.8 Å². The molecule has 0 atom stereocenters. The van der Waals surface area contributed by atoms with Crippen molar-refractivity contribution in [2.75, 3.05) is 6.54 Å². The topological polar surface area (TPSA) is 83.6 Å². The normalized spacial score (nSPS) is 15.7. The maximum Gasteiger partial charge on any atom is 0.268 e. The predicted octanol–water partition coefficient (Wildman–Crippen LogP) is 3.18. The lowest BCUT2D eigenvalue weighted by Crippen LogP contribution is -2.40. The van der Waals surface area contributed by atoms with Gasteiger partial charge in [-0.25, -0.2) is 12.7 Å². The molecule has 0 aliphatic carbocycles. The van der Waals surface area contributed by atoms with Crippen molar-refractivity contribution in [3.8, 4) is 0 Å².